The molecule has 0 aliphatic rings. The van der Waals surface area contributed by atoms with E-state index in [1.54, 1.807) is 12.3 Å². The molecular formula is C22H23N3O. The van der Waals surface area contributed by atoms with Crippen molar-refractivity contribution < 1.29 is 4.79 Å². The molecule has 3 aromatic rings. The van der Waals surface area contributed by atoms with Crippen LogP contribution in [0.1, 0.15) is 35.8 Å². The Bertz CT molecular complexity index is 891. The number of aromatic nitrogens is 1. The summed E-state index contributed by atoms with van der Waals surface area (Å²) in [5.74, 6) is 0.122. The highest BCUT2D eigenvalue weighted by atomic mass is 16.1. The van der Waals surface area contributed by atoms with Gasteiger partial charge in [-0.25, -0.2) is 0 Å². The number of nitrogens with one attached hydrogen (secondary N) is 1. The molecule has 3 rings (SSSR count). The SMILES string of the molecule is CC(C)c1ccccc1NC(=O)c1cc(N(C)c2ccccc2)ccn1. The highest BCUT2D eigenvalue weighted by molar-refractivity contribution is 6.03. The Morgan fingerprint density at radius 3 is 2.38 bits per heavy atom. The number of carbonyl (C=O) groups excluding carboxylic acids is 1. The van der Waals surface area contributed by atoms with Crippen LogP contribution < -0.4 is 10.2 Å². The smallest absolute Gasteiger partial charge is 0.274 e. The third-order valence-electron chi connectivity index (χ3n) is 4.34. The van der Waals surface area contributed by atoms with Crippen LogP contribution in [0.15, 0.2) is 72.9 Å². The van der Waals surface area contributed by atoms with Crippen molar-refractivity contribution in [1.82, 2.24) is 4.98 Å². The molecule has 4 heteroatoms. The number of carbonyl (C=O) groups is 1. The largest absolute Gasteiger partial charge is 0.345 e. The molecule has 0 saturated heterocycles. The van der Waals surface area contributed by atoms with E-state index in [0.29, 0.717) is 11.6 Å². The van der Waals surface area contributed by atoms with Crippen LogP contribution in [-0.4, -0.2) is 17.9 Å². The highest BCUT2D eigenvalue weighted by Gasteiger charge is 2.13. The van der Waals surface area contributed by atoms with Crippen molar-refractivity contribution in [3.8, 4) is 0 Å². The number of nitrogens with zero attached hydrogens (tertiary/aromatic N) is 2. The van der Waals surface area contributed by atoms with E-state index in [4.69, 9.17) is 0 Å². The van der Waals surface area contributed by atoms with E-state index in [0.717, 1.165) is 22.6 Å². The Balaban J connectivity index is 1.83. The molecule has 0 atom stereocenters. The summed E-state index contributed by atoms with van der Waals surface area (Å²) in [5, 5.41) is 2.99. The van der Waals surface area contributed by atoms with Gasteiger partial charge >= 0.3 is 0 Å². The highest BCUT2D eigenvalue weighted by Crippen LogP contribution is 2.26. The maximum absolute atomic E-state index is 12.7. The average Bonchev–Trinajstić information content (AvgIpc) is 2.68. The van der Waals surface area contributed by atoms with Gasteiger partial charge in [0, 0.05) is 30.3 Å². The summed E-state index contributed by atoms with van der Waals surface area (Å²) in [6, 6.07) is 21.6. The van der Waals surface area contributed by atoms with Crippen molar-refractivity contribution in [2.75, 3.05) is 17.3 Å². The fraction of sp³-hybridized carbons (Fsp3) is 0.182. The first-order valence-corrected chi connectivity index (χ1v) is 8.71. The molecule has 1 aromatic heterocycles. The summed E-state index contributed by atoms with van der Waals surface area (Å²) in [5.41, 5.74) is 4.29. The molecule has 4 nitrogen and oxygen atoms in total. The Morgan fingerprint density at radius 1 is 0.962 bits per heavy atom. The normalized spacial score (nSPS) is 10.6. The molecule has 0 spiro atoms. The van der Waals surface area contributed by atoms with Gasteiger partial charge in [-0.3, -0.25) is 9.78 Å². The van der Waals surface area contributed by atoms with Gasteiger partial charge in [0.05, 0.1) is 0 Å². The third kappa shape index (κ3) is 3.91. The van der Waals surface area contributed by atoms with Gasteiger partial charge in [0.15, 0.2) is 0 Å². The van der Waals surface area contributed by atoms with Gasteiger partial charge in [-0.15, -0.1) is 0 Å². The lowest BCUT2D eigenvalue weighted by atomic mass is 10.0. The molecular weight excluding hydrogens is 322 g/mol. The number of benzene rings is 2. The van der Waals surface area contributed by atoms with Gasteiger partial charge in [-0.2, -0.15) is 0 Å². The van der Waals surface area contributed by atoms with Crippen molar-refractivity contribution in [2.24, 2.45) is 0 Å². The maximum Gasteiger partial charge on any atom is 0.274 e. The van der Waals surface area contributed by atoms with E-state index in [1.807, 2.05) is 72.6 Å². The van der Waals surface area contributed by atoms with Crippen LogP contribution in [0.2, 0.25) is 0 Å². The van der Waals surface area contributed by atoms with Gasteiger partial charge in [-0.1, -0.05) is 50.2 Å². The topological polar surface area (TPSA) is 45.2 Å². The number of hydrogen-bond donors (Lipinski definition) is 1. The van der Waals surface area contributed by atoms with Crippen molar-refractivity contribution in [3.63, 3.8) is 0 Å². The second-order valence-corrected chi connectivity index (χ2v) is 6.49. The van der Waals surface area contributed by atoms with Gasteiger partial charge in [0.1, 0.15) is 5.69 Å². The van der Waals surface area contributed by atoms with E-state index in [1.165, 1.54) is 0 Å². The first-order valence-electron chi connectivity index (χ1n) is 8.71. The van der Waals surface area contributed by atoms with Crippen LogP contribution in [-0.2, 0) is 0 Å². The molecule has 0 saturated carbocycles. The molecule has 0 radical (unpaired) electrons. The third-order valence-corrected chi connectivity index (χ3v) is 4.34. The molecule has 132 valence electrons. The first-order chi connectivity index (χ1) is 12.6. The molecule has 0 aliphatic heterocycles. The fourth-order valence-electron chi connectivity index (χ4n) is 2.85. The van der Waals surface area contributed by atoms with Crippen molar-refractivity contribution in [1.29, 1.82) is 0 Å². The molecule has 0 bridgehead atoms. The van der Waals surface area contributed by atoms with Crippen molar-refractivity contribution in [3.05, 3.63) is 84.2 Å². The average molecular weight is 345 g/mol. The Kier molecular flexibility index (Phi) is 5.32. The zero-order valence-electron chi connectivity index (χ0n) is 15.3. The summed E-state index contributed by atoms with van der Waals surface area (Å²) in [7, 11) is 1.97. The van der Waals surface area contributed by atoms with Crippen LogP contribution in [0.4, 0.5) is 17.1 Å². The second kappa shape index (κ2) is 7.83. The predicted molar refractivity (Wildman–Crippen MR) is 107 cm³/mol. The van der Waals surface area contributed by atoms with Crippen LogP contribution in [0.25, 0.3) is 0 Å². The van der Waals surface area contributed by atoms with E-state index in [2.05, 4.69) is 24.1 Å². The summed E-state index contributed by atoms with van der Waals surface area (Å²) >= 11 is 0. The molecule has 0 aliphatic carbocycles. The zero-order valence-corrected chi connectivity index (χ0v) is 15.3. The van der Waals surface area contributed by atoms with E-state index in [-0.39, 0.29) is 5.91 Å². The quantitative estimate of drug-likeness (QED) is 0.689. The second-order valence-electron chi connectivity index (χ2n) is 6.49. The van der Waals surface area contributed by atoms with Crippen LogP contribution >= 0.6 is 0 Å². The lowest BCUT2D eigenvalue weighted by molar-refractivity contribution is 0.102. The van der Waals surface area contributed by atoms with Crippen LogP contribution in [0.3, 0.4) is 0 Å². The molecule has 1 heterocycles. The van der Waals surface area contributed by atoms with Crippen molar-refractivity contribution >= 4 is 23.0 Å². The lowest BCUT2D eigenvalue weighted by Crippen LogP contribution is -2.16. The Morgan fingerprint density at radius 2 is 1.65 bits per heavy atom. The van der Waals surface area contributed by atoms with Crippen molar-refractivity contribution in [2.45, 2.75) is 19.8 Å². The number of rotatable bonds is 5. The molecule has 0 fully saturated rings. The van der Waals surface area contributed by atoms with E-state index in [9.17, 15) is 4.79 Å². The standard InChI is InChI=1S/C22H23N3O/c1-16(2)19-11-7-8-12-20(19)24-22(26)21-15-18(13-14-23-21)25(3)17-9-5-4-6-10-17/h4-16H,1-3H3,(H,24,26). The van der Waals surface area contributed by atoms with Gasteiger partial charge in [0.25, 0.3) is 5.91 Å². The molecule has 1 N–H and O–H groups in total. The fourth-order valence-corrected chi connectivity index (χ4v) is 2.85. The molecule has 0 unspecified atom stereocenters. The van der Waals surface area contributed by atoms with Crippen LogP contribution in [0, 0.1) is 0 Å². The minimum atomic E-state index is -0.207. The maximum atomic E-state index is 12.7. The Labute approximate surface area is 154 Å². The van der Waals surface area contributed by atoms with E-state index < -0.39 is 0 Å². The van der Waals surface area contributed by atoms with Gasteiger partial charge in [0.2, 0.25) is 0 Å². The first kappa shape index (κ1) is 17.7. The summed E-state index contributed by atoms with van der Waals surface area (Å²) in [6.07, 6.45) is 1.66. The summed E-state index contributed by atoms with van der Waals surface area (Å²) in [6.45, 7) is 4.22. The van der Waals surface area contributed by atoms with E-state index >= 15 is 0 Å². The summed E-state index contributed by atoms with van der Waals surface area (Å²) in [4.78, 5) is 19.0. The monoisotopic (exact) mass is 345 g/mol. The summed E-state index contributed by atoms with van der Waals surface area (Å²) < 4.78 is 0. The lowest BCUT2D eigenvalue weighted by Gasteiger charge is -2.20. The van der Waals surface area contributed by atoms with Gasteiger partial charge < -0.3 is 10.2 Å². The van der Waals surface area contributed by atoms with Gasteiger partial charge in [-0.05, 0) is 41.8 Å². The number of para-hydroxylation sites is 2. The molecule has 1 amide bonds. The zero-order chi connectivity index (χ0) is 18.5. The predicted octanol–water partition coefficient (Wildman–Crippen LogP) is 5.23. The minimum absolute atomic E-state index is 0.207. The number of anilines is 3. The number of amides is 1. The minimum Gasteiger partial charge on any atom is -0.345 e. The van der Waals surface area contributed by atoms with Crippen LogP contribution in [0.5, 0.6) is 0 Å². The molecule has 26 heavy (non-hydrogen) atoms. The Hall–Kier alpha value is -3.14. The molecule has 2 aromatic carbocycles. The number of pyridine rings is 1. The number of hydrogen-bond acceptors (Lipinski definition) is 3.